The van der Waals surface area contributed by atoms with Gasteiger partial charge in [0.1, 0.15) is 0 Å². The van der Waals surface area contributed by atoms with Gasteiger partial charge in [0.05, 0.1) is 15.5 Å². The van der Waals surface area contributed by atoms with Gasteiger partial charge in [-0.2, -0.15) is 0 Å². The Hall–Kier alpha value is -1.97. The summed E-state index contributed by atoms with van der Waals surface area (Å²) in [6.45, 7) is 1.51. The molecule has 1 aliphatic rings. The minimum atomic E-state index is -3.61. The summed E-state index contributed by atoms with van der Waals surface area (Å²) in [6.07, 6.45) is 6.55. The molecule has 0 N–H and O–H groups in total. The Morgan fingerprint density at radius 1 is 1.27 bits per heavy atom. The highest BCUT2D eigenvalue weighted by molar-refractivity contribution is 7.90. The summed E-state index contributed by atoms with van der Waals surface area (Å²) in [5.74, 6) is -1.14. The normalized spacial score (nSPS) is 16.1. The third-order valence-electron chi connectivity index (χ3n) is 5.00. The van der Waals surface area contributed by atoms with Crippen LogP contribution in [0.4, 0.5) is 5.13 Å². The van der Waals surface area contributed by atoms with Crippen molar-refractivity contribution in [3.05, 3.63) is 40.4 Å². The maximum absolute atomic E-state index is 13.2. The van der Waals surface area contributed by atoms with Crippen LogP contribution in [0.2, 0.25) is 5.02 Å². The molecule has 0 radical (unpaired) electrons. The minimum Gasteiger partial charge on any atom is -0.449 e. The van der Waals surface area contributed by atoms with E-state index in [9.17, 15) is 18.0 Å². The van der Waals surface area contributed by atoms with Crippen LogP contribution >= 0.6 is 22.9 Å². The summed E-state index contributed by atoms with van der Waals surface area (Å²) in [5, 5.41) is 2.40. The van der Waals surface area contributed by atoms with Gasteiger partial charge in [-0.3, -0.25) is 9.69 Å². The zero-order chi connectivity index (χ0) is 21.9. The molecule has 1 aromatic carbocycles. The molecular weight excluding hydrogens is 448 g/mol. The van der Waals surface area contributed by atoms with Crippen LogP contribution in [0, 0.1) is 0 Å². The summed E-state index contributed by atoms with van der Waals surface area (Å²) in [6, 6.07) is 3.88. The molecule has 1 aliphatic carbocycles. The molecule has 10 heteroatoms. The molecule has 162 valence electrons. The average molecular weight is 471 g/mol. The van der Waals surface area contributed by atoms with E-state index in [4.69, 9.17) is 16.3 Å². The number of thiazole rings is 1. The second-order valence-corrected chi connectivity index (χ2v) is 10.5. The second kappa shape index (κ2) is 9.45. The summed E-state index contributed by atoms with van der Waals surface area (Å²) >= 11 is 7.29. The first kappa shape index (κ1) is 22.7. The van der Waals surface area contributed by atoms with E-state index in [-0.39, 0.29) is 27.4 Å². The summed E-state index contributed by atoms with van der Waals surface area (Å²) in [5.41, 5.74) is 0.0120. The number of carbonyl (C=O) groups excluding carboxylic acids is 2. The third-order valence-corrected chi connectivity index (χ3v) is 7.35. The molecule has 1 atom stereocenters. The van der Waals surface area contributed by atoms with Gasteiger partial charge >= 0.3 is 5.97 Å². The van der Waals surface area contributed by atoms with E-state index in [1.165, 1.54) is 30.4 Å². The topological polar surface area (TPSA) is 93.6 Å². The van der Waals surface area contributed by atoms with E-state index in [0.717, 1.165) is 44.4 Å². The lowest BCUT2D eigenvalue weighted by Crippen LogP contribution is -2.47. The van der Waals surface area contributed by atoms with Crippen molar-refractivity contribution < 1.29 is 22.7 Å². The van der Waals surface area contributed by atoms with Gasteiger partial charge in [-0.1, -0.05) is 30.9 Å². The first-order valence-electron chi connectivity index (χ1n) is 9.61. The van der Waals surface area contributed by atoms with Gasteiger partial charge in [-0.05, 0) is 38.0 Å². The van der Waals surface area contributed by atoms with Crippen LogP contribution in [0.15, 0.2) is 34.7 Å². The van der Waals surface area contributed by atoms with Gasteiger partial charge in [0.2, 0.25) is 0 Å². The maximum Gasteiger partial charge on any atom is 0.338 e. The maximum atomic E-state index is 13.2. The van der Waals surface area contributed by atoms with Crippen LogP contribution in [0.3, 0.4) is 0 Å². The highest BCUT2D eigenvalue weighted by Gasteiger charge is 2.33. The molecule has 0 spiro atoms. The molecule has 0 saturated heterocycles. The second-order valence-electron chi connectivity index (χ2n) is 7.28. The molecule has 3 rings (SSSR count). The van der Waals surface area contributed by atoms with Crippen molar-refractivity contribution in [2.24, 2.45) is 0 Å². The summed E-state index contributed by atoms with van der Waals surface area (Å²) in [4.78, 5) is 31.5. The van der Waals surface area contributed by atoms with Crippen molar-refractivity contribution in [1.82, 2.24) is 4.98 Å². The summed E-state index contributed by atoms with van der Waals surface area (Å²) in [7, 11) is -3.61. The van der Waals surface area contributed by atoms with Crippen molar-refractivity contribution in [2.75, 3.05) is 11.2 Å². The first-order valence-corrected chi connectivity index (χ1v) is 12.8. The lowest BCUT2D eigenvalue weighted by molar-refractivity contribution is -0.127. The molecule has 1 unspecified atom stereocenters. The van der Waals surface area contributed by atoms with Gasteiger partial charge in [-0.25, -0.2) is 18.2 Å². The summed E-state index contributed by atoms with van der Waals surface area (Å²) < 4.78 is 29.1. The number of carbonyl (C=O) groups is 2. The van der Waals surface area contributed by atoms with Crippen molar-refractivity contribution in [3.63, 3.8) is 0 Å². The van der Waals surface area contributed by atoms with Crippen molar-refractivity contribution in [1.29, 1.82) is 0 Å². The van der Waals surface area contributed by atoms with E-state index < -0.39 is 21.9 Å². The fraction of sp³-hybridized carbons (Fsp3) is 0.450. The Labute approximate surface area is 184 Å². The van der Waals surface area contributed by atoms with Gasteiger partial charge in [0.15, 0.2) is 21.1 Å². The molecular formula is C20H23ClN2O5S2. The highest BCUT2D eigenvalue weighted by Crippen LogP contribution is 2.30. The SMILES string of the molecule is CC(OC(=O)c1ccc(Cl)c(S(C)(=O)=O)c1)C(=O)N(c1nccs1)C1CCCCC1. The quantitative estimate of drug-likeness (QED) is 0.589. The van der Waals surface area contributed by atoms with Crippen LogP contribution in [-0.4, -0.2) is 43.7 Å². The number of nitrogens with zero attached hydrogens (tertiary/aromatic N) is 2. The van der Waals surface area contributed by atoms with Crippen molar-refractivity contribution in [2.45, 2.75) is 56.1 Å². The predicted molar refractivity (Wildman–Crippen MR) is 116 cm³/mol. The monoisotopic (exact) mass is 470 g/mol. The highest BCUT2D eigenvalue weighted by atomic mass is 35.5. The van der Waals surface area contributed by atoms with E-state index in [1.54, 1.807) is 16.5 Å². The fourth-order valence-corrected chi connectivity index (χ4v) is 5.51. The van der Waals surface area contributed by atoms with E-state index >= 15 is 0 Å². The molecule has 1 aromatic heterocycles. The van der Waals surface area contributed by atoms with Gasteiger partial charge in [0, 0.05) is 23.9 Å². The van der Waals surface area contributed by atoms with Crippen LogP contribution < -0.4 is 4.90 Å². The molecule has 7 nitrogen and oxygen atoms in total. The molecule has 2 aromatic rings. The number of ether oxygens (including phenoxy) is 1. The number of sulfone groups is 1. The molecule has 1 fully saturated rings. The van der Waals surface area contributed by atoms with Crippen LogP contribution in [0.25, 0.3) is 0 Å². The average Bonchev–Trinajstić information content (AvgIpc) is 3.22. The van der Waals surface area contributed by atoms with Crippen molar-refractivity contribution >= 4 is 49.8 Å². The predicted octanol–water partition coefficient (Wildman–Crippen LogP) is 4.11. The van der Waals surface area contributed by atoms with Crippen LogP contribution in [-0.2, 0) is 19.4 Å². The Balaban J connectivity index is 1.79. The number of rotatable bonds is 6. The third kappa shape index (κ3) is 5.19. The number of benzene rings is 1. The Bertz CT molecular complexity index is 1020. The number of hydrogen-bond donors (Lipinski definition) is 0. The number of anilines is 1. The number of esters is 1. The van der Waals surface area contributed by atoms with Gasteiger partial charge in [0.25, 0.3) is 5.91 Å². The van der Waals surface area contributed by atoms with Gasteiger partial charge < -0.3 is 4.74 Å². The lowest BCUT2D eigenvalue weighted by atomic mass is 9.94. The molecule has 0 bridgehead atoms. The fourth-order valence-electron chi connectivity index (χ4n) is 3.49. The molecule has 1 amide bonds. The largest absolute Gasteiger partial charge is 0.449 e. The number of hydrogen-bond acceptors (Lipinski definition) is 7. The van der Waals surface area contributed by atoms with Crippen molar-refractivity contribution in [3.8, 4) is 0 Å². The molecule has 30 heavy (non-hydrogen) atoms. The van der Waals surface area contributed by atoms with Crippen LogP contribution in [0.5, 0.6) is 0 Å². The number of halogens is 1. The first-order chi connectivity index (χ1) is 14.2. The smallest absolute Gasteiger partial charge is 0.338 e. The number of aromatic nitrogens is 1. The Morgan fingerprint density at radius 2 is 1.97 bits per heavy atom. The zero-order valence-electron chi connectivity index (χ0n) is 16.7. The Morgan fingerprint density at radius 3 is 2.57 bits per heavy atom. The van der Waals surface area contributed by atoms with E-state index in [0.29, 0.717) is 5.13 Å². The standard InChI is InChI=1S/C20H23ClN2O5S2/c1-13(28-19(25)14-8-9-16(21)17(12-14)30(2,26)27)18(24)23(20-22-10-11-29-20)15-6-4-3-5-7-15/h8-13,15H,3-7H2,1-2H3. The lowest BCUT2D eigenvalue weighted by Gasteiger charge is -2.33. The van der Waals surface area contributed by atoms with Crippen LogP contribution in [0.1, 0.15) is 49.4 Å². The zero-order valence-corrected chi connectivity index (χ0v) is 19.1. The Kier molecular flexibility index (Phi) is 7.15. The molecule has 0 aliphatic heterocycles. The molecule has 1 heterocycles. The minimum absolute atomic E-state index is 0.0120. The molecule has 1 saturated carbocycles. The van der Waals surface area contributed by atoms with Gasteiger partial charge in [-0.15, -0.1) is 11.3 Å². The number of amides is 1. The van der Waals surface area contributed by atoms with E-state index in [2.05, 4.69) is 4.98 Å². The van der Waals surface area contributed by atoms with E-state index in [1.807, 2.05) is 0 Å².